The number of hydrogen-bond donors (Lipinski definition) is 0. The molecule has 0 aliphatic heterocycles. The summed E-state index contributed by atoms with van der Waals surface area (Å²) in [5.74, 6) is 0.261. The maximum Gasteiger partial charge on any atom is 0.394 e. The molecule has 22 heavy (non-hydrogen) atoms. The first-order valence-electron chi connectivity index (χ1n) is 8.12. The highest BCUT2D eigenvalue weighted by molar-refractivity contribution is 5.37. The topological polar surface area (TPSA) is 0 Å². The van der Waals surface area contributed by atoms with Gasteiger partial charge in [0.2, 0.25) is 0 Å². The molecule has 1 aliphatic rings. The van der Waals surface area contributed by atoms with E-state index in [1.165, 1.54) is 23.6 Å². The van der Waals surface area contributed by atoms with Gasteiger partial charge in [-0.15, -0.1) is 0 Å². The number of benzene rings is 1. The van der Waals surface area contributed by atoms with Crippen LogP contribution in [0.15, 0.2) is 18.2 Å². The van der Waals surface area contributed by atoms with Crippen molar-refractivity contribution in [3.05, 3.63) is 34.9 Å². The van der Waals surface area contributed by atoms with E-state index in [1.54, 1.807) is 0 Å². The van der Waals surface area contributed by atoms with E-state index in [9.17, 15) is 13.2 Å². The predicted octanol–water partition coefficient (Wildman–Crippen LogP) is 6.52. The van der Waals surface area contributed by atoms with Gasteiger partial charge in [-0.25, -0.2) is 0 Å². The number of halogens is 3. The Hall–Kier alpha value is -0.990. The zero-order valence-electron chi connectivity index (χ0n) is 14.3. The molecule has 0 unspecified atom stereocenters. The Morgan fingerprint density at radius 3 is 2.05 bits per heavy atom. The van der Waals surface area contributed by atoms with Gasteiger partial charge in [-0.1, -0.05) is 45.9 Å². The van der Waals surface area contributed by atoms with Gasteiger partial charge in [0, 0.05) is 0 Å². The van der Waals surface area contributed by atoms with E-state index < -0.39 is 11.6 Å². The van der Waals surface area contributed by atoms with Crippen molar-refractivity contribution in [2.75, 3.05) is 0 Å². The van der Waals surface area contributed by atoms with Crippen LogP contribution in [-0.4, -0.2) is 6.18 Å². The van der Waals surface area contributed by atoms with Crippen LogP contribution in [0.1, 0.15) is 76.0 Å². The Kier molecular flexibility index (Phi) is 4.40. The number of alkyl halides is 3. The van der Waals surface area contributed by atoms with Crippen LogP contribution in [0.25, 0.3) is 0 Å². The Labute approximate surface area is 132 Å². The first-order valence-corrected chi connectivity index (χ1v) is 8.12. The number of hydrogen-bond acceptors (Lipinski definition) is 0. The summed E-state index contributed by atoms with van der Waals surface area (Å²) in [7, 11) is 0. The average Bonchev–Trinajstić information content (AvgIpc) is 2.38. The molecule has 0 nitrogen and oxygen atoms in total. The third kappa shape index (κ3) is 3.33. The lowest BCUT2D eigenvalue weighted by molar-refractivity contribution is -0.228. The molecule has 0 N–H and O–H groups in total. The fourth-order valence-electron chi connectivity index (χ4n) is 3.57. The van der Waals surface area contributed by atoms with Crippen LogP contribution in [0.5, 0.6) is 0 Å². The van der Waals surface area contributed by atoms with Gasteiger partial charge < -0.3 is 0 Å². The third-order valence-electron chi connectivity index (χ3n) is 5.31. The molecule has 0 aromatic heterocycles. The van der Waals surface area contributed by atoms with Crippen LogP contribution < -0.4 is 0 Å². The maximum atomic E-state index is 13.1. The van der Waals surface area contributed by atoms with E-state index in [4.69, 9.17) is 0 Å². The molecule has 124 valence electrons. The summed E-state index contributed by atoms with van der Waals surface area (Å²) in [4.78, 5) is 0. The summed E-state index contributed by atoms with van der Waals surface area (Å²) in [6, 6.07) is 6.44. The molecular formula is C19H27F3. The van der Waals surface area contributed by atoms with Crippen LogP contribution >= 0.6 is 0 Å². The van der Waals surface area contributed by atoms with Crippen LogP contribution in [0.3, 0.4) is 0 Å². The molecule has 1 aromatic rings. The minimum atomic E-state index is -4.08. The minimum absolute atomic E-state index is 0.0647. The Bertz CT molecular complexity index is 527. The fraction of sp³-hybridized carbons (Fsp3) is 0.684. The summed E-state index contributed by atoms with van der Waals surface area (Å²) in [5, 5.41) is 0. The number of aryl methyl sites for hydroxylation is 1. The molecule has 1 aliphatic carbocycles. The van der Waals surface area contributed by atoms with E-state index in [-0.39, 0.29) is 24.2 Å². The van der Waals surface area contributed by atoms with Gasteiger partial charge in [0.05, 0.1) is 5.41 Å². The molecule has 1 saturated carbocycles. The minimum Gasteiger partial charge on any atom is -0.171 e. The van der Waals surface area contributed by atoms with Crippen molar-refractivity contribution in [2.45, 2.75) is 77.8 Å². The van der Waals surface area contributed by atoms with Crippen LogP contribution in [0, 0.1) is 12.3 Å². The van der Waals surface area contributed by atoms with Crippen LogP contribution in [-0.2, 0) is 5.41 Å². The van der Waals surface area contributed by atoms with Gasteiger partial charge >= 0.3 is 6.18 Å². The highest BCUT2D eigenvalue weighted by Gasteiger charge is 2.52. The normalized spacial score (nSPS) is 27.0. The van der Waals surface area contributed by atoms with Crippen molar-refractivity contribution in [1.29, 1.82) is 0 Å². The molecular weight excluding hydrogens is 285 g/mol. The van der Waals surface area contributed by atoms with Crippen molar-refractivity contribution in [2.24, 2.45) is 5.41 Å². The second kappa shape index (κ2) is 5.58. The fourth-order valence-corrected chi connectivity index (χ4v) is 3.57. The molecule has 2 rings (SSSR count). The average molecular weight is 312 g/mol. The molecule has 0 radical (unpaired) electrons. The van der Waals surface area contributed by atoms with E-state index in [0.29, 0.717) is 12.8 Å². The van der Waals surface area contributed by atoms with Gasteiger partial charge in [0.25, 0.3) is 0 Å². The Morgan fingerprint density at radius 2 is 1.59 bits per heavy atom. The molecule has 0 spiro atoms. The summed E-state index contributed by atoms with van der Waals surface area (Å²) in [6.45, 7) is 10.0. The SMILES string of the molecule is Cc1ccc(C2CCC(C)(C(F)(F)F)CC2)cc1C(C)(C)C. The van der Waals surface area contributed by atoms with Gasteiger partial charge in [0.1, 0.15) is 0 Å². The predicted molar refractivity (Wildman–Crippen MR) is 85.3 cm³/mol. The molecule has 0 saturated heterocycles. The second-order valence-corrected chi connectivity index (χ2v) is 8.16. The van der Waals surface area contributed by atoms with Crippen molar-refractivity contribution >= 4 is 0 Å². The summed E-state index contributed by atoms with van der Waals surface area (Å²) in [5.41, 5.74) is 2.33. The number of rotatable bonds is 1. The lowest BCUT2D eigenvalue weighted by Crippen LogP contribution is -2.38. The van der Waals surface area contributed by atoms with Crippen molar-refractivity contribution < 1.29 is 13.2 Å². The van der Waals surface area contributed by atoms with Gasteiger partial charge in [-0.2, -0.15) is 13.2 Å². The maximum absolute atomic E-state index is 13.1. The molecule has 0 heterocycles. The first-order chi connectivity index (χ1) is 9.94. The summed E-state index contributed by atoms with van der Waals surface area (Å²) < 4.78 is 39.4. The van der Waals surface area contributed by atoms with E-state index in [2.05, 4.69) is 45.9 Å². The van der Waals surface area contributed by atoms with E-state index in [1.807, 2.05) is 0 Å². The monoisotopic (exact) mass is 312 g/mol. The van der Waals surface area contributed by atoms with E-state index >= 15 is 0 Å². The van der Waals surface area contributed by atoms with Crippen molar-refractivity contribution in [1.82, 2.24) is 0 Å². The van der Waals surface area contributed by atoms with Gasteiger partial charge in [-0.3, -0.25) is 0 Å². The first kappa shape index (κ1) is 17.4. The molecule has 0 amide bonds. The lowest BCUT2D eigenvalue weighted by atomic mass is 9.69. The van der Waals surface area contributed by atoms with E-state index in [0.717, 1.165) is 0 Å². The molecule has 0 atom stereocenters. The second-order valence-electron chi connectivity index (χ2n) is 8.16. The highest BCUT2D eigenvalue weighted by Crippen LogP contribution is 2.51. The largest absolute Gasteiger partial charge is 0.394 e. The lowest BCUT2D eigenvalue weighted by Gasteiger charge is -2.39. The Balaban J connectivity index is 2.19. The van der Waals surface area contributed by atoms with Crippen molar-refractivity contribution in [3.8, 4) is 0 Å². The summed E-state index contributed by atoms with van der Waals surface area (Å²) >= 11 is 0. The quantitative estimate of drug-likeness (QED) is 0.554. The van der Waals surface area contributed by atoms with Crippen LogP contribution in [0.2, 0.25) is 0 Å². The smallest absolute Gasteiger partial charge is 0.171 e. The Morgan fingerprint density at radius 1 is 1.05 bits per heavy atom. The highest BCUT2D eigenvalue weighted by atomic mass is 19.4. The molecule has 1 fully saturated rings. The standard InChI is InChI=1S/C19H27F3/c1-13-6-7-15(12-16(13)17(2,3)4)14-8-10-18(5,11-9-14)19(20,21)22/h6-7,12,14H,8-11H2,1-5H3. The zero-order valence-corrected chi connectivity index (χ0v) is 14.3. The molecule has 0 bridgehead atoms. The summed E-state index contributed by atoms with van der Waals surface area (Å²) in [6.07, 6.45) is -2.35. The van der Waals surface area contributed by atoms with Crippen molar-refractivity contribution in [3.63, 3.8) is 0 Å². The van der Waals surface area contributed by atoms with Gasteiger partial charge in [-0.05, 0) is 60.6 Å². The molecule has 1 aromatic carbocycles. The van der Waals surface area contributed by atoms with Crippen LogP contribution in [0.4, 0.5) is 13.2 Å². The zero-order chi connectivity index (χ0) is 16.8. The third-order valence-corrected chi connectivity index (χ3v) is 5.31. The van der Waals surface area contributed by atoms with Gasteiger partial charge in [0.15, 0.2) is 0 Å². The molecule has 3 heteroatoms.